The van der Waals surface area contributed by atoms with E-state index < -0.39 is 31.4 Å². The van der Waals surface area contributed by atoms with E-state index in [0.717, 1.165) is 10.2 Å². The van der Waals surface area contributed by atoms with Gasteiger partial charge >= 0.3 is 5.51 Å². The number of hydrogen-bond acceptors (Lipinski definition) is 5. The first kappa shape index (κ1) is 18.1. The molecule has 1 heterocycles. The van der Waals surface area contributed by atoms with Crippen molar-refractivity contribution in [1.82, 2.24) is 4.13 Å². The Kier molecular flexibility index (Phi) is 4.75. The first-order valence-corrected chi connectivity index (χ1v) is 9.58. The van der Waals surface area contributed by atoms with Gasteiger partial charge < -0.3 is 9.47 Å². The second-order valence-corrected chi connectivity index (χ2v) is 8.38. The van der Waals surface area contributed by atoms with Gasteiger partial charge in [0.25, 0.3) is 10.0 Å². The van der Waals surface area contributed by atoms with Crippen LogP contribution in [0.5, 0.6) is 5.75 Å². The van der Waals surface area contributed by atoms with Crippen molar-refractivity contribution >= 4 is 31.8 Å². The highest BCUT2D eigenvalue weighted by molar-refractivity contribution is 8.02. The molecule has 0 bridgehead atoms. The Bertz CT molecular complexity index is 926. The Labute approximate surface area is 143 Å². The molecule has 136 valence electrons. The lowest BCUT2D eigenvalue weighted by Gasteiger charge is -2.10. The van der Waals surface area contributed by atoms with Crippen molar-refractivity contribution in [2.75, 3.05) is 13.2 Å². The summed E-state index contributed by atoms with van der Waals surface area (Å²) in [4.78, 5) is -0.419. The highest BCUT2D eigenvalue weighted by Crippen LogP contribution is 2.26. The summed E-state index contributed by atoms with van der Waals surface area (Å²) in [7, 11) is -8.29. The summed E-state index contributed by atoms with van der Waals surface area (Å²) < 4.78 is 83.3. The normalized spacial score (nSPS) is 18.9. The maximum Gasteiger partial charge on any atom is 0.486 e. The van der Waals surface area contributed by atoms with Crippen LogP contribution in [0.25, 0.3) is 10.8 Å². The van der Waals surface area contributed by atoms with Gasteiger partial charge in [-0.25, -0.2) is 12.6 Å². The lowest BCUT2D eigenvalue weighted by Crippen LogP contribution is -2.34. The van der Waals surface area contributed by atoms with Crippen LogP contribution in [-0.2, 0) is 25.7 Å². The summed E-state index contributed by atoms with van der Waals surface area (Å²) >= 11 is 0. The maximum absolute atomic E-state index is 12.3. The largest absolute Gasteiger partial charge is 0.491 e. The number of fused-ring (bicyclic) bond motifs is 1. The van der Waals surface area contributed by atoms with Gasteiger partial charge in [-0.15, -0.1) is 4.13 Å². The van der Waals surface area contributed by atoms with Gasteiger partial charge in [0.05, 0.1) is 11.5 Å². The molecule has 1 aliphatic rings. The minimum atomic E-state index is -5.18. The van der Waals surface area contributed by atoms with Gasteiger partial charge in [-0.2, -0.15) is 13.2 Å². The fourth-order valence-corrected chi connectivity index (χ4v) is 4.10. The molecule has 11 heteroatoms. The molecule has 0 aromatic heterocycles. The number of sulfonamides is 1. The van der Waals surface area contributed by atoms with Crippen molar-refractivity contribution in [3.8, 4) is 5.75 Å². The van der Waals surface area contributed by atoms with Crippen molar-refractivity contribution in [3.63, 3.8) is 0 Å². The van der Waals surface area contributed by atoms with E-state index >= 15 is 0 Å². The van der Waals surface area contributed by atoms with Gasteiger partial charge in [-0.1, -0.05) is 12.1 Å². The third-order valence-electron chi connectivity index (χ3n) is 3.33. The molecule has 2 atom stereocenters. The molecule has 3 rings (SSSR count). The third-order valence-corrected chi connectivity index (χ3v) is 6.11. The predicted molar refractivity (Wildman–Crippen MR) is 83.7 cm³/mol. The number of hydrogen-bond donors (Lipinski definition) is 1. The molecule has 1 N–H and O–H groups in total. The minimum absolute atomic E-state index is 0.0868. The van der Waals surface area contributed by atoms with Crippen molar-refractivity contribution in [3.05, 3.63) is 36.4 Å². The maximum atomic E-state index is 12.3. The van der Waals surface area contributed by atoms with E-state index in [9.17, 15) is 25.8 Å². The molecule has 25 heavy (non-hydrogen) atoms. The van der Waals surface area contributed by atoms with E-state index in [4.69, 9.17) is 9.47 Å². The summed E-state index contributed by atoms with van der Waals surface area (Å²) in [6.45, 7) is 1.06. The number of nitrogens with one attached hydrogen (secondary N) is 1. The predicted octanol–water partition coefficient (Wildman–Crippen LogP) is 2.08. The summed E-state index contributed by atoms with van der Waals surface area (Å²) in [5.41, 5.74) is -5.18. The summed E-state index contributed by atoms with van der Waals surface area (Å²) in [6, 6.07) is 8.63. The average molecular weight is 395 g/mol. The third kappa shape index (κ3) is 4.48. The molecular formula is C14H12F3NO5S2. The first-order chi connectivity index (χ1) is 11.6. The van der Waals surface area contributed by atoms with Crippen LogP contribution in [0.3, 0.4) is 0 Å². The zero-order valence-corrected chi connectivity index (χ0v) is 14.1. The van der Waals surface area contributed by atoms with E-state index in [1.807, 2.05) is 0 Å². The summed E-state index contributed by atoms with van der Waals surface area (Å²) in [6.07, 6.45) is 0.0868. The number of benzene rings is 2. The van der Waals surface area contributed by atoms with E-state index in [1.54, 1.807) is 18.2 Å². The standard InChI is InChI=1S/C14H12F3NO5S2/c15-14(16,17)24(19)18-25(20,21)13-4-2-9-5-11(3-1-10(9)6-13)22-7-12-8-23-12/h1-6,12,18H,7-8H2. The molecular weight excluding hydrogens is 383 g/mol. The number of ether oxygens (including phenoxy) is 2. The summed E-state index contributed by atoms with van der Waals surface area (Å²) in [5.74, 6) is 0.565. The molecule has 2 aromatic carbocycles. The zero-order chi connectivity index (χ0) is 18.2. The molecule has 0 radical (unpaired) electrons. The average Bonchev–Trinajstić information content (AvgIpc) is 3.35. The number of rotatable bonds is 6. The van der Waals surface area contributed by atoms with Crippen molar-refractivity contribution in [2.45, 2.75) is 16.5 Å². The fourth-order valence-electron chi connectivity index (χ4n) is 2.01. The fraction of sp³-hybridized carbons (Fsp3) is 0.286. The van der Waals surface area contributed by atoms with Crippen LogP contribution in [0.4, 0.5) is 13.2 Å². The number of epoxide rings is 1. The monoisotopic (exact) mass is 395 g/mol. The van der Waals surface area contributed by atoms with Gasteiger partial charge in [0.1, 0.15) is 18.5 Å². The molecule has 0 spiro atoms. The summed E-state index contributed by atoms with van der Waals surface area (Å²) in [5, 5.41) is 1.13. The van der Waals surface area contributed by atoms with Gasteiger partial charge in [0, 0.05) is 0 Å². The molecule has 2 unspecified atom stereocenters. The van der Waals surface area contributed by atoms with E-state index in [2.05, 4.69) is 0 Å². The van der Waals surface area contributed by atoms with Crippen LogP contribution >= 0.6 is 0 Å². The second-order valence-electron chi connectivity index (χ2n) is 5.24. The smallest absolute Gasteiger partial charge is 0.486 e. The molecule has 1 aliphatic heterocycles. The van der Waals surface area contributed by atoms with Crippen LogP contribution in [0.1, 0.15) is 0 Å². The molecule has 6 nitrogen and oxygen atoms in total. The number of alkyl halides is 3. The SMILES string of the molecule is O=S(NS(=O)(=O)c1ccc2cc(OCC3CO3)ccc2c1)C(F)(F)F. The Hall–Kier alpha value is -1.69. The number of halogens is 3. The van der Waals surface area contributed by atoms with Gasteiger partial charge in [0.15, 0.2) is 0 Å². The Morgan fingerprint density at radius 2 is 1.84 bits per heavy atom. The molecule has 0 saturated carbocycles. The second kappa shape index (κ2) is 6.56. The molecule has 2 aromatic rings. The van der Waals surface area contributed by atoms with Gasteiger partial charge in [0.2, 0.25) is 11.0 Å². The van der Waals surface area contributed by atoms with Crippen LogP contribution in [0, 0.1) is 0 Å². The highest BCUT2D eigenvalue weighted by atomic mass is 32.3. The zero-order valence-electron chi connectivity index (χ0n) is 12.4. The van der Waals surface area contributed by atoms with Gasteiger partial charge in [-0.3, -0.25) is 0 Å². The van der Waals surface area contributed by atoms with E-state index in [0.29, 0.717) is 29.7 Å². The topological polar surface area (TPSA) is 85.0 Å². The molecule has 0 amide bonds. The highest BCUT2D eigenvalue weighted by Gasteiger charge is 2.40. The van der Waals surface area contributed by atoms with E-state index in [1.165, 1.54) is 12.1 Å². The van der Waals surface area contributed by atoms with Crippen molar-refractivity contribution in [1.29, 1.82) is 0 Å². The van der Waals surface area contributed by atoms with Crippen LogP contribution < -0.4 is 8.86 Å². The Morgan fingerprint density at radius 1 is 1.20 bits per heavy atom. The van der Waals surface area contributed by atoms with Gasteiger partial charge in [-0.05, 0) is 35.0 Å². The quantitative estimate of drug-likeness (QED) is 0.757. The van der Waals surface area contributed by atoms with Crippen molar-refractivity contribution < 1.29 is 35.3 Å². The first-order valence-electron chi connectivity index (χ1n) is 6.94. The lowest BCUT2D eigenvalue weighted by molar-refractivity contribution is -0.0389. The van der Waals surface area contributed by atoms with Crippen molar-refractivity contribution in [2.24, 2.45) is 0 Å². The Morgan fingerprint density at radius 3 is 2.48 bits per heavy atom. The molecule has 1 saturated heterocycles. The van der Waals surface area contributed by atoms with E-state index in [-0.39, 0.29) is 6.10 Å². The van der Waals surface area contributed by atoms with Crippen LogP contribution in [0.15, 0.2) is 41.3 Å². The minimum Gasteiger partial charge on any atom is -0.491 e. The molecule has 0 aliphatic carbocycles. The van der Waals surface area contributed by atoms with Crippen LogP contribution in [0.2, 0.25) is 0 Å². The van der Waals surface area contributed by atoms with Crippen LogP contribution in [-0.4, -0.2) is 37.5 Å². The lowest BCUT2D eigenvalue weighted by atomic mass is 10.1. The Balaban J connectivity index is 1.82. The molecule has 1 fully saturated rings.